The molecule has 3 aromatic rings. The molecule has 0 aliphatic rings. The number of hydrogen-bond donors (Lipinski definition) is 1. The summed E-state index contributed by atoms with van der Waals surface area (Å²) in [5.41, 5.74) is 2.29. The number of halogens is 3. The lowest BCUT2D eigenvalue weighted by Crippen LogP contribution is -2.07. The molecule has 25 heavy (non-hydrogen) atoms. The Morgan fingerprint density at radius 3 is 2.80 bits per heavy atom. The average Bonchev–Trinajstić information content (AvgIpc) is 3.24. The summed E-state index contributed by atoms with van der Waals surface area (Å²) in [7, 11) is 0. The van der Waals surface area contributed by atoms with E-state index < -0.39 is 17.6 Å². The Balaban J connectivity index is 1.71. The second-order valence-corrected chi connectivity index (χ2v) is 6.43. The number of anilines is 1. The molecule has 0 fully saturated rings. The number of benzene rings is 1. The maximum Gasteiger partial charge on any atom is 0.416 e. The molecule has 4 nitrogen and oxygen atoms in total. The number of nitrogens with zero attached hydrogens (tertiary/aromatic N) is 2. The monoisotopic (exact) mass is 381 g/mol. The molecule has 0 saturated heterocycles. The van der Waals surface area contributed by atoms with Crippen LogP contribution < -0.4 is 5.32 Å². The first kappa shape index (κ1) is 17.3. The first-order valence-electron chi connectivity index (χ1n) is 6.92. The largest absolute Gasteiger partial charge is 0.416 e. The van der Waals surface area contributed by atoms with E-state index in [4.69, 9.17) is 0 Å². The molecule has 2 heterocycles. The van der Waals surface area contributed by atoms with Crippen LogP contribution in [0.2, 0.25) is 0 Å². The first-order valence-corrected chi connectivity index (χ1v) is 8.74. The Bertz CT molecular complexity index is 901. The summed E-state index contributed by atoms with van der Waals surface area (Å²) in [4.78, 5) is 20.0. The summed E-state index contributed by atoms with van der Waals surface area (Å²) >= 11 is 2.55. The van der Waals surface area contributed by atoms with Crippen LogP contribution in [-0.2, 0) is 11.0 Å². The molecular weight excluding hydrogens is 371 g/mol. The molecule has 2 aromatic heterocycles. The number of hydrogen-bond acceptors (Lipinski definition) is 5. The van der Waals surface area contributed by atoms with E-state index in [1.165, 1.54) is 29.5 Å². The van der Waals surface area contributed by atoms with Crippen molar-refractivity contribution in [2.24, 2.45) is 0 Å². The van der Waals surface area contributed by atoms with E-state index in [-0.39, 0.29) is 0 Å². The van der Waals surface area contributed by atoms with E-state index in [1.54, 1.807) is 22.3 Å². The first-order chi connectivity index (χ1) is 11.9. The minimum absolute atomic E-state index is 0.306. The topological polar surface area (TPSA) is 54.9 Å². The van der Waals surface area contributed by atoms with E-state index >= 15 is 0 Å². The second kappa shape index (κ2) is 7.16. The van der Waals surface area contributed by atoms with Crippen LogP contribution in [0.25, 0.3) is 17.3 Å². The van der Waals surface area contributed by atoms with Crippen LogP contribution in [-0.4, -0.2) is 15.9 Å². The summed E-state index contributed by atoms with van der Waals surface area (Å²) in [6.45, 7) is 0. The Kier molecular flexibility index (Phi) is 4.95. The van der Waals surface area contributed by atoms with Gasteiger partial charge in [-0.25, -0.2) is 9.97 Å². The van der Waals surface area contributed by atoms with Crippen molar-refractivity contribution < 1.29 is 18.0 Å². The van der Waals surface area contributed by atoms with Crippen molar-refractivity contribution in [3.8, 4) is 11.3 Å². The normalized spacial score (nSPS) is 11.8. The van der Waals surface area contributed by atoms with Gasteiger partial charge in [0.2, 0.25) is 5.91 Å². The number of aromatic nitrogens is 2. The van der Waals surface area contributed by atoms with Gasteiger partial charge in [-0.3, -0.25) is 10.1 Å². The molecule has 1 N–H and O–H groups in total. The van der Waals surface area contributed by atoms with Crippen molar-refractivity contribution >= 4 is 39.8 Å². The Morgan fingerprint density at radius 1 is 1.24 bits per heavy atom. The molecule has 1 amide bonds. The Morgan fingerprint density at radius 2 is 2.08 bits per heavy atom. The van der Waals surface area contributed by atoms with Gasteiger partial charge in [0.15, 0.2) is 5.13 Å². The van der Waals surface area contributed by atoms with Crippen LogP contribution in [0.3, 0.4) is 0 Å². The lowest BCUT2D eigenvalue weighted by Gasteiger charge is -2.07. The van der Waals surface area contributed by atoms with Gasteiger partial charge in [0.25, 0.3) is 0 Å². The van der Waals surface area contributed by atoms with E-state index in [0.717, 1.165) is 23.5 Å². The molecule has 0 radical (unpaired) electrons. The lowest BCUT2D eigenvalue weighted by molar-refractivity contribution is -0.137. The van der Waals surface area contributed by atoms with Crippen LogP contribution in [0, 0.1) is 0 Å². The molecule has 0 spiro atoms. The molecule has 0 unspecified atom stereocenters. The number of carbonyl (C=O) groups is 1. The maximum atomic E-state index is 12.8. The third-order valence-corrected chi connectivity index (χ3v) is 4.44. The van der Waals surface area contributed by atoms with Gasteiger partial charge >= 0.3 is 6.18 Å². The zero-order valence-corrected chi connectivity index (χ0v) is 14.1. The van der Waals surface area contributed by atoms with Crippen LogP contribution in [0.1, 0.15) is 11.3 Å². The number of rotatable bonds is 4. The molecule has 0 saturated carbocycles. The molecule has 1 aromatic carbocycles. The van der Waals surface area contributed by atoms with Crippen LogP contribution >= 0.6 is 22.7 Å². The number of carbonyl (C=O) groups excluding carboxylic acids is 1. The molecule has 0 bridgehead atoms. The van der Waals surface area contributed by atoms with Crippen molar-refractivity contribution in [2.75, 3.05) is 5.32 Å². The highest BCUT2D eigenvalue weighted by molar-refractivity contribution is 7.14. The maximum absolute atomic E-state index is 12.8. The number of alkyl halides is 3. The lowest BCUT2D eigenvalue weighted by atomic mass is 10.1. The van der Waals surface area contributed by atoms with Gasteiger partial charge in [-0.2, -0.15) is 13.2 Å². The van der Waals surface area contributed by atoms with Gasteiger partial charge in [0.1, 0.15) is 0 Å². The van der Waals surface area contributed by atoms with Crippen LogP contribution in [0.4, 0.5) is 18.3 Å². The molecule has 9 heteroatoms. The standard InChI is InChI=1S/C16H10F3N3OS2/c17-16(18,19)11-3-1-2-10(6-11)13-8-25-15(21-13)22-14(23)5-4-12-7-24-9-20-12/h1-9H,(H,21,22,23)/b5-4+. The highest BCUT2D eigenvalue weighted by Gasteiger charge is 2.30. The minimum atomic E-state index is -4.41. The average molecular weight is 381 g/mol. The highest BCUT2D eigenvalue weighted by Crippen LogP contribution is 2.33. The van der Waals surface area contributed by atoms with E-state index in [9.17, 15) is 18.0 Å². The third kappa shape index (κ3) is 4.52. The van der Waals surface area contributed by atoms with Crippen LogP contribution in [0.5, 0.6) is 0 Å². The molecule has 0 atom stereocenters. The summed E-state index contributed by atoms with van der Waals surface area (Å²) < 4.78 is 38.3. The summed E-state index contributed by atoms with van der Waals surface area (Å²) in [6.07, 6.45) is -1.53. The number of nitrogens with one attached hydrogen (secondary N) is 1. The van der Waals surface area contributed by atoms with Crippen molar-refractivity contribution in [1.29, 1.82) is 0 Å². The van der Waals surface area contributed by atoms with Gasteiger partial charge in [-0.1, -0.05) is 12.1 Å². The van der Waals surface area contributed by atoms with Gasteiger partial charge in [0.05, 0.1) is 22.5 Å². The van der Waals surface area contributed by atoms with E-state index in [0.29, 0.717) is 22.1 Å². The predicted octanol–water partition coefficient (Wildman–Crippen LogP) is 4.94. The van der Waals surface area contributed by atoms with Crippen LogP contribution in [0.15, 0.2) is 46.6 Å². The predicted molar refractivity (Wildman–Crippen MR) is 92.3 cm³/mol. The van der Waals surface area contributed by atoms with E-state index in [1.807, 2.05) is 0 Å². The SMILES string of the molecule is O=C(/C=C/c1cscn1)Nc1nc(-c2cccc(C(F)(F)F)c2)cs1. The quantitative estimate of drug-likeness (QED) is 0.652. The minimum Gasteiger partial charge on any atom is -0.298 e. The summed E-state index contributed by atoms with van der Waals surface area (Å²) in [5, 5.41) is 6.26. The fourth-order valence-corrected chi connectivity index (χ4v) is 3.18. The van der Waals surface area contributed by atoms with Crippen molar-refractivity contribution in [2.45, 2.75) is 6.18 Å². The number of thiazole rings is 2. The van der Waals surface area contributed by atoms with Gasteiger partial charge < -0.3 is 0 Å². The van der Waals surface area contributed by atoms with Crippen molar-refractivity contribution in [3.63, 3.8) is 0 Å². The second-order valence-electron chi connectivity index (χ2n) is 4.85. The molecule has 0 aliphatic carbocycles. The molecule has 0 aliphatic heterocycles. The summed E-state index contributed by atoms with van der Waals surface area (Å²) in [5.74, 6) is -0.391. The number of amides is 1. The Hall–Kier alpha value is -2.52. The third-order valence-electron chi connectivity index (χ3n) is 3.08. The highest BCUT2D eigenvalue weighted by atomic mass is 32.1. The van der Waals surface area contributed by atoms with Crippen molar-refractivity contribution in [3.05, 3.63) is 57.9 Å². The zero-order valence-electron chi connectivity index (χ0n) is 12.4. The summed E-state index contributed by atoms with van der Waals surface area (Å²) in [6, 6.07) is 4.90. The fraction of sp³-hybridized carbons (Fsp3) is 0.0625. The molecule has 3 rings (SSSR count). The fourth-order valence-electron chi connectivity index (χ4n) is 1.93. The van der Waals surface area contributed by atoms with Gasteiger partial charge in [0, 0.05) is 22.4 Å². The van der Waals surface area contributed by atoms with Gasteiger partial charge in [-0.15, -0.1) is 22.7 Å². The zero-order chi connectivity index (χ0) is 17.9. The van der Waals surface area contributed by atoms with Crippen molar-refractivity contribution in [1.82, 2.24) is 9.97 Å². The molecule has 128 valence electrons. The molecular formula is C16H10F3N3OS2. The Labute approximate surface area is 148 Å². The smallest absolute Gasteiger partial charge is 0.298 e. The van der Waals surface area contributed by atoms with Gasteiger partial charge in [-0.05, 0) is 18.2 Å². The van der Waals surface area contributed by atoms with E-state index in [2.05, 4.69) is 15.3 Å².